The van der Waals surface area contributed by atoms with Gasteiger partial charge >= 0.3 is 0 Å². The van der Waals surface area contributed by atoms with Crippen molar-refractivity contribution in [3.63, 3.8) is 0 Å². The highest BCUT2D eigenvalue weighted by molar-refractivity contribution is 5.93. The van der Waals surface area contributed by atoms with E-state index >= 15 is 0 Å². The van der Waals surface area contributed by atoms with Crippen molar-refractivity contribution in [3.8, 4) is 5.75 Å². The van der Waals surface area contributed by atoms with Gasteiger partial charge in [-0.2, -0.15) is 10.2 Å². The molecule has 8 heteroatoms. The summed E-state index contributed by atoms with van der Waals surface area (Å²) in [5.41, 5.74) is 1.43. The molecule has 2 aromatic rings. The van der Waals surface area contributed by atoms with Gasteiger partial charge in [-0.3, -0.25) is 14.6 Å². The molecule has 0 aliphatic carbocycles. The van der Waals surface area contributed by atoms with E-state index in [0.717, 1.165) is 5.69 Å². The Bertz CT molecular complexity index is 665. The third-order valence-electron chi connectivity index (χ3n) is 3.83. The number of carbonyl (C=O) groups is 1. The van der Waals surface area contributed by atoms with Crippen molar-refractivity contribution in [2.75, 3.05) is 13.2 Å². The molecule has 2 atom stereocenters. The summed E-state index contributed by atoms with van der Waals surface area (Å²) < 4.78 is 12.8. The number of amides is 1. The van der Waals surface area contributed by atoms with Crippen molar-refractivity contribution >= 4 is 5.91 Å². The highest BCUT2D eigenvalue weighted by Gasteiger charge is 2.32. The lowest BCUT2D eigenvalue weighted by Crippen LogP contribution is -2.45. The van der Waals surface area contributed by atoms with Crippen LogP contribution in [0.4, 0.5) is 0 Å². The van der Waals surface area contributed by atoms with Crippen molar-refractivity contribution < 1.29 is 14.3 Å². The van der Waals surface area contributed by atoms with Gasteiger partial charge in [0.15, 0.2) is 5.75 Å². The van der Waals surface area contributed by atoms with Gasteiger partial charge in [0.2, 0.25) is 0 Å². The monoisotopic (exact) mass is 319 g/mol. The maximum absolute atomic E-state index is 12.5. The predicted octanol–water partition coefficient (Wildman–Crippen LogP) is 0.843. The lowest BCUT2D eigenvalue weighted by Gasteiger charge is -2.19. The Morgan fingerprint density at radius 2 is 2.35 bits per heavy atom. The zero-order valence-corrected chi connectivity index (χ0v) is 13.4. The van der Waals surface area contributed by atoms with E-state index in [2.05, 4.69) is 20.6 Å². The summed E-state index contributed by atoms with van der Waals surface area (Å²) in [4.78, 5) is 12.5. The van der Waals surface area contributed by atoms with Crippen LogP contribution in [-0.4, -0.2) is 51.2 Å². The Balaban J connectivity index is 1.67. The second-order valence-electron chi connectivity index (χ2n) is 5.94. The number of carbonyl (C=O) groups excluding carboxylic acids is 1. The SMILES string of the molecule is CC(C)c1cc(C(=O)N[C@H]2COC[C@H]2Oc2cn[nH]c2)n(C)n1. The summed E-state index contributed by atoms with van der Waals surface area (Å²) >= 11 is 0. The van der Waals surface area contributed by atoms with Crippen LogP contribution in [0.3, 0.4) is 0 Å². The van der Waals surface area contributed by atoms with Gasteiger partial charge < -0.3 is 14.8 Å². The normalized spacial score (nSPS) is 20.9. The van der Waals surface area contributed by atoms with Crippen LogP contribution in [0.2, 0.25) is 0 Å². The molecule has 3 rings (SSSR count). The average molecular weight is 319 g/mol. The number of ether oxygens (including phenoxy) is 2. The van der Waals surface area contributed by atoms with Crippen LogP contribution in [-0.2, 0) is 11.8 Å². The van der Waals surface area contributed by atoms with E-state index in [1.54, 1.807) is 24.1 Å². The van der Waals surface area contributed by atoms with Gasteiger partial charge in [-0.25, -0.2) is 0 Å². The molecule has 124 valence electrons. The first kappa shape index (κ1) is 15.5. The van der Waals surface area contributed by atoms with Crippen LogP contribution in [0.15, 0.2) is 18.5 Å². The van der Waals surface area contributed by atoms with Gasteiger partial charge in [-0.05, 0) is 12.0 Å². The topological polar surface area (TPSA) is 94.1 Å². The minimum absolute atomic E-state index is 0.178. The van der Waals surface area contributed by atoms with E-state index < -0.39 is 0 Å². The quantitative estimate of drug-likeness (QED) is 0.852. The highest BCUT2D eigenvalue weighted by Crippen LogP contribution is 2.17. The molecule has 3 heterocycles. The summed E-state index contributed by atoms with van der Waals surface area (Å²) in [5, 5.41) is 13.9. The third-order valence-corrected chi connectivity index (χ3v) is 3.83. The first-order chi connectivity index (χ1) is 11.0. The Morgan fingerprint density at radius 1 is 1.52 bits per heavy atom. The average Bonchev–Trinajstić information content (AvgIpc) is 3.22. The Labute approximate surface area is 134 Å². The van der Waals surface area contributed by atoms with Gasteiger partial charge in [0.25, 0.3) is 5.91 Å². The summed E-state index contributed by atoms with van der Waals surface area (Å²) in [6, 6.07) is 1.61. The van der Waals surface area contributed by atoms with Crippen molar-refractivity contribution in [2.24, 2.45) is 7.05 Å². The Morgan fingerprint density at radius 3 is 3.00 bits per heavy atom. The number of aryl methyl sites for hydroxylation is 1. The van der Waals surface area contributed by atoms with E-state index in [-0.39, 0.29) is 24.0 Å². The molecule has 1 aliphatic rings. The highest BCUT2D eigenvalue weighted by atomic mass is 16.5. The number of H-pyrrole nitrogens is 1. The van der Waals surface area contributed by atoms with E-state index in [9.17, 15) is 4.79 Å². The minimum Gasteiger partial charge on any atom is -0.482 e. The molecule has 2 N–H and O–H groups in total. The largest absolute Gasteiger partial charge is 0.482 e. The zero-order chi connectivity index (χ0) is 16.4. The smallest absolute Gasteiger partial charge is 0.269 e. The molecule has 0 bridgehead atoms. The first-order valence-corrected chi connectivity index (χ1v) is 7.62. The maximum Gasteiger partial charge on any atom is 0.269 e. The maximum atomic E-state index is 12.5. The van der Waals surface area contributed by atoms with E-state index in [0.29, 0.717) is 24.7 Å². The number of rotatable bonds is 5. The van der Waals surface area contributed by atoms with Crippen LogP contribution < -0.4 is 10.1 Å². The molecule has 1 fully saturated rings. The molecule has 0 unspecified atom stereocenters. The Kier molecular flexibility index (Phi) is 4.33. The van der Waals surface area contributed by atoms with Crippen LogP contribution in [0.25, 0.3) is 0 Å². The summed E-state index contributed by atoms with van der Waals surface area (Å²) in [5.74, 6) is 0.723. The summed E-state index contributed by atoms with van der Waals surface area (Å²) in [6.45, 7) is 4.94. The lowest BCUT2D eigenvalue weighted by molar-refractivity contribution is 0.0894. The second kappa shape index (κ2) is 6.41. The fourth-order valence-electron chi connectivity index (χ4n) is 2.49. The van der Waals surface area contributed by atoms with Crippen molar-refractivity contribution in [2.45, 2.75) is 31.9 Å². The summed E-state index contributed by atoms with van der Waals surface area (Å²) in [6.07, 6.45) is 3.01. The van der Waals surface area contributed by atoms with Crippen LogP contribution in [0.1, 0.15) is 35.9 Å². The first-order valence-electron chi connectivity index (χ1n) is 7.62. The third kappa shape index (κ3) is 3.37. The number of aromatic amines is 1. The van der Waals surface area contributed by atoms with Gasteiger partial charge in [0, 0.05) is 7.05 Å². The van der Waals surface area contributed by atoms with Crippen LogP contribution in [0, 0.1) is 0 Å². The minimum atomic E-state index is -0.241. The number of nitrogens with one attached hydrogen (secondary N) is 2. The van der Waals surface area contributed by atoms with Gasteiger partial charge in [0.1, 0.15) is 11.8 Å². The molecule has 1 amide bonds. The lowest BCUT2D eigenvalue weighted by atomic mass is 10.1. The number of nitrogens with zero attached hydrogens (tertiary/aromatic N) is 3. The molecule has 0 saturated carbocycles. The molecular formula is C15H21N5O3. The number of hydrogen-bond acceptors (Lipinski definition) is 5. The molecule has 8 nitrogen and oxygen atoms in total. The Hall–Kier alpha value is -2.35. The number of hydrogen-bond donors (Lipinski definition) is 2. The summed E-state index contributed by atoms with van der Waals surface area (Å²) in [7, 11) is 1.77. The standard InChI is InChI=1S/C15H21N5O3/c1-9(2)11-4-13(20(3)19-11)15(21)18-12-7-22-8-14(12)23-10-5-16-17-6-10/h4-6,9,12,14H,7-8H2,1-3H3,(H,16,17)(H,18,21)/t12-,14+/m0/s1. The molecular weight excluding hydrogens is 298 g/mol. The molecule has 0 spiro atoms. The zero-order valence-electron chi connectivity index (χ0n) is 13.4. The molecule has 1 saturated heterocycles. The van der Waals surface area contributed by atoms with Gasteiger partial charge in [-0.1, -0.05) is 13.8 Å². The van der Waals surface area contributed by atoms with Crippen molar-refractivity contribution in [1.82, 2.24) is 25.3 Å². The van der Waals surface area contributed by atoms with Crippen molar-refractivity contribution in [3.05, 3.63) is 29.8 Å². The van der Waals surface area contributed by atoms with Crippen LogP contribution in [0.5, 0.6) is 5.75 Å². The second-order valence-corrected chi connectivity index (χ2v) is 5.94. The van der Waals surface area contributed by atoms with E-state index in [1.165, 1.54) is 0 Å². The van der Waals surface area contributed by atoms with Gasteiger partial charge in [-0.15, -0.1) is 0 Å². The van der Waals surface area contributed by atoms with Crippen LogP contribution >= 0.6 is 0 Å². The predicted molar refractivity (Wildman–Crippen MR) is 82.4 cm³/mol. The fourth-order valence-corrected chi connectivity index (χ4v) is 2.49. The fraction of sp³-hybridized carbons (Fsp3) is 0.533. The molecule has 2 aromatic heterocycles. The van der Waals surface area contributed by atoms with Crippen molar-refractivity contribution in [1.29, 1.82) is 0 Å². The number of aromatic nitrogens is 4. The van der Waals surface area contributed by atoms with Gasteiger partial charge in [0.05, 0.1) is 37.3 Å². The molecule has 0 radical (unpaired) electrons. The molecule has 0 aromatic carbocycles. The molecule has 1 aliphatic heterocycles. The molecule has 23 heavy (non-hydrogen) atoms. The van der Waals surface area contributed by atoms with E-state index in [1.807, 2.05) is 19.9 Å². The van der Waals surface area contributed by atoms with E-state index in [4.69, 9.17) is 9.47 Å².